The average Bonchev–Trinajstić information content (AvgIpc) is 1.96. The van der Waals surface area contributed by atoms with E-state index in [9.17, 15) is 4.79 Å². The van der Waals surface area contributed by atoms with Gasteiger partial charge in [0.1, 0.15) is 0 Å². The van der Waals surface area contributed by atoms with Crippen molar-refractivity contribution in [2.24, 2.45) is 0 Å². The number of carbonyl (C=O) groups is 1. The lowest BCUT2D eigenvalue weighted by Crippen LogP contribution is -1.84. The van der Waals surface area contributed by atoms with Gasteiger partial charge in [-0.15, -0.1) is 0 Å². The third kappa shape index (κ3) is 2.16. The van der Waals surface area contributed by atoms with Gasteiger partial charge in [-0.05, 0) is 50.7 Å². The molecule has 0 fully saturated rings. The summed E-state index contributed by atoms with van der Waals surface area (Å²) in [5.41, 5.74) is 0.585. The molecule has 0 saturated heterocycles. The number of aldehydes is 1. The molecule has 0 radical (unpaired) electrons. The topological polar surface area (TPSA) is 17.1 Å². The molecule has 0 heterocycles. The summed E-state index contributed by atoms with van der Waals surface area (Å²) in [7, 11) is 0. The van der Waals surface area contributed by atoms with Crippen LogP contribution >= 0.6 is 50.1 Å². The second-order valence-corrected chi connectivity index (χ2v) is 4.35. The van der Waals surface area contributed by atoms with Gasteiger partial charge in [-0.2, -0.15) is 0 Å². The maximum absolute atomic E-state index is 10.4. The van der Waals surface area contributed by atoms with Gasteiger partial charge in [-0.1, -0.05) is 11.6 Å². The molecule has 0 atom stereocenters. The summed E-state index contributed by atoms with van der Waals surface area (Å²) in [5, 5.41) is 0.569. The van der Waals surface area contributed by atoms with Crippen molar-refractivity contribution in [3.63, 3.8) is 0 Å². The lowest BCUT2D eigenvalue weighted by molar-refractivity contribution is 0.112. The van der Waals surface area contributed by atoms with E-state index in [0.29, 0.717) is 15.1 Å². The zero-order chi connectivity index (χ0) is 8.43. The number of rotatable bonds is 1. The Bertz CT molecular complexity index is 301. The Morgan fingerprint density at radius 3 is 2.73 bits per heavy atom. The number of hydrogen-bond donors (Lipinski definition) is 0. The Morgan fingerprint density at radius 2 is 2.18 bits per heavy atom. The summed E-state index contributed by atoms with van der Waals surface area (Å²) < 4.78 is 1.62. The van der Waals surface area contributed by atoms with Gasteiger partial charge in [0.15, 0.2) is 6.29 Å². The molecule has 1 aromatic rings. The van der Waals surface area contributed by atoms with E-state index in [0.717, 1.165) is 9.86 Å². The maximum Gasteiger partial charge on any atom is 0.151 e. The van der Waals surface area contributed by atoms with Crippen molar-refractivity contribution in [2.45, 2.75) is 0 Å². The monoisotopic (exact) mass is 344 g/mol. The van der Waals surface area contributed by atoms with Crippen molar-refractivity contribution in [1.29, 1.82) is 0 Å². The minimum Gasteiger partial charge on any atom is -0.298 e. The molecule has 0 aliphatic carbocycles. The predicted octanol–water partition coefficient (Wildman–Crippen LogP) is 3.52. The number of hydrogen-bond acceptors (Lipinski definition) is 1. The normalized spacial score (nSPS) is 9.73. The Kier molecular flexibility index (Phi) is 3.33. The van der Waals surface area contributed by atoms with Crippen molar-refractivity contribution in [2.75, 3.05) is 0 Å². The van der Waals surface area contributed by atoms with Gasteiger partial charge < -0.3 is 0 Å². The van der Waals surface area contributed by atoms with Gasteiger partial charge >= 0.3 is 0 Å². The summed E-state index contributed by atoms with van der Waals surface area (Å²) in [6.07, 6.45) is 0.776. The van der Waals surface area contributed by atoms with Gasteiger partial charge in [0, 0.05) is 13.6 Å². The zero-order valence-electron chi connectivity index (χ0n) is 5.27. The van der Waals surface area contributed by atoms with Crippen LogP contribution < -0.4 is 0 Å². The van der Waals surface area contributed by atoms with E-state index in [4.69, 9.17) is 11.6 Å². The Balaban J connectivity index is 3.35. The molecule has 11 heavy (non-hydrogen) atoms. The Labute approximate surface area is 91.4 Å². The fourth-order valence-electron chi connectivity index (χ4n) is 0.662. The third-order valence-electron chi connectivity index (χ3n) is 1.15. The van der Waals surface area contributed by atoms with Crippen LogP contribution in [0.25, 0.3) is 0 Å². The first-order chi connectivity index (χ1) is 5.15. The first kappa shape index (κ1) is 9.48. The SMILES string of the molecule is O=Cc1cc(I)cc(Cl)c1Br. The molecule has 0 bridgehead atoms. The van der Waals surface area contributed by atoms with E-state index in [-0.39, 0.29) is 0 Å². The molecule has 0 aromatic heterocycles. The molecular weight excluding hydrogens is 342 g/mol. The summed E-state index contributed by atoms with van der Waals surface area (Å²) in [4.78, 5) is 10.4. The summed E-state index contributed by atoms with van der Waals surface area (Å²) in [6, 6.07) is 3.56. The highest BCUT2D eigenvalue weighted by Gasteiger charge is 2.04. The van der Waals surface area contributed by atoms with Crippen molar-refractivity contribution in [3.8, 4) is 0 Å². The molecular formula is C7H3BrClIO. The van der Waals surface area contributed by atoms with Crippen molar-refractivity contribution in [1.82, 2.24) is 0 Å². The molecule has 0 amide bonds. The quantitative estimate of drug-likeness (QED) is 0.432. The minimum absolute atomic E-state index is 0.569. The molecule has 1 nitrogen and oxygen atoms in total. The number of carbonyl (C=O) groups excluding carboxylic acids is 1. The van der Waals surface area contributed by atoms with Crippen LogP contribution in [0.4, 0.5) is 0 Å². The van der Waals surface area contributed by atoms with E-state index >= 15 is 0 Å². The Hall–Kier alpha value is 0.390. The van der Waals surface area contributed by atoms with Gasteiger partial charge in [0.25, 0.3) is 0 Å². The van der Waals surface area contributed by atoms with E-state index < -0.39 is 0 Å². The molecule has 0 N–H and O–H groups in total. The predicted molar refractivity (Wildman–Crippen MR) is 57.3 cm³/mol. The smallest absolute Gasteiger partial charge is 0.151 e. The molecule has 58 valence electrons. The highest BCUT2D eigenvalue weighted by Crippen LogP contribution is 2.27. The fourth-order valence-corrected chi connectivity index (χ4v) is 2.04. The highest BCUT2D eigenvalue weighted by atomic mass is 127. The van der Waals surface area contributed by atoms with Crippen LogP contribution in [-0.4, -0.2) is 6.29 Å². The van der Waals surface area contributed by atoms with E-state index in [1.165, 1.54) is 0 Å². The third-order valence-corrected chi connectivity index (χ3v) is 3.18. The second kappa shape index (κ2) is 3.87. The largest absolute Gasteiger partial charge is 0.298 e. The Morgan fingerprint density at radius 1 is 1.55 bits per heavy atom. The van der Waals surface area contributed by atoms with Crippen molar-refractivity contribution >= 4 is 56.4 Å². The summed E-state index contributed by atoms with van der Waals surface area (Å²) >= 11 is 11.1. The molecule has 0 unspecified atom stereocenters. The highest BCUT2D eigenvalue weighted by molar-refractivity contribution is 14.1. The van der Waals surface area contributed by atoms with Crippen molar-refractivity contribution < 1.29 is 4.79 Å². The summed E-state index contributed by atoms with van der Waals surface area (Å²) in [6.45, 7) is 0. The van der Waals surface area contributed by atoms with Crippen LogP contribution in [0.3, 0.4) is 0 Å². The van der Waals surface area contributed by atoms with E-state index in [2.05, 4.69) is 38.5 Å². The number of halogens is 3. The van der Waals surface area contributed by atoms with Crippen LogP contribution in [0.5, 0.6) is 0 Å². The van der Waals surface area contributed by atoms with Gasteiger partial charge in [-0.3, -0.25) is 4.79 Å². The van der Waals surface area contributed by atoms with Crippen LogP contribution in [0.1, 0.15) is 10.4 Å². The van der Waals surface area contributed by atoms with Crippen molar-refractivity contribution in [3.05, 3.63) is 30.8 Å². The van der Waals surface area contributed by atoms with Gasteiger partial charge in [0.2, 0.25) is 0 Å². The van der Waals surface area contributed by atoms with Gasteiger partial charge in [-0.25, -0.2) is 0 Å². The molecule has 1 aromatic carbocycles. The van der Waals surface area contributed by atoms with Crippen LogP contribution in [0.15, 0.2) is 16.6 Å². The first-order valence-corrected chi connectivity index (χ1v) is 5.00. The first-order valence-electron chi connectivity index (χ1n) is 2.75. The van der Waals surface area contributed by atoms with Crippen LogP contribution in [0, 0.1) is 3.57 Å². The van der Waals surface area contributed by atoms with E-state index in [1.807, 2.05) is 0 Å². The molecule has 1 rings (SSSR count). The number of benzene rings is 1. The van der Waals surface area contributed by atoms with Gasteiger partial charge in [0.05, 0.1) is 5.02 Å². The standard InChI is InChI=1S/C7H3BrClIO/c8-7-4(3-11)1-5(10)2-6(7)9/h1-3H. The molecule has 0 aliphatic rings. The molecule has 0 aliphatic heterocycles. The van der Waals surface area contributed by atoms with Crippen LogP contribution in [0.2, 0.25) is 5.02 Å². The average molecular weight is 345 g/mol. The lowest BCUT2D eigenvalue weighted by Gasteiger charge is -1.99. The fraction of sp³-hybridized carbons (Fsp3) is 0. The maximum atomic E-state index is 10.4. The van der Waals surface area contributed by atoms with Crippen LogP contribution in [-0.2, 0) is 0 Å². The second-order valence-electron chi connectivity index (χ2n) is 1.91. The summed E-state index contributed by atoms with van der Waals surface area (Å²) in [5.74, 6) is 0. The lowest BCUT2D eigenvalue weighted by atomic mass is 10.2. The molecule has 0 saturated carbocycles. The minimum atomic E-state index is 0.569. The zero-order valence-corrected chi connectivity index (χ0v) is 9.77. The molecule has 0 spiro atoms. The molecule has 4 heteroatoms. The van der Waals surface area contributed by atoms with E-state index in [1.54, 1.807) is 12.1 Å².